The van der Waals surface area contributed by atoms with Gasteiger partial charge in [-0.15, -0.1) is 0 Å². The number of benzene rings is 2. The molecule has 0 aliphatic rings. The SMILES string of the molecule is CCCCCc1ccnc2ccc(C(=O)Nc3ccccc3)cc12. The molecule has 0 fully saturated rings. The van der Waals surface area contributed by atoms with Crippen LogP contribution in [-0.2, 0) is 6.42 Å². The van der Waals surface area contributed by atoms with Crippen LogP contribution in [0.4, 0.5) is 5.69 Å². The number of nitrogens with zero attached hydrogens (tertiary/aromatic N) is 1. The molecule has 3 aromatic rings. The van der Waals surface area contributed by atoms with E-state index in [1.165, 1.54) is 18.4 Å². The third kappa shape index (κ3) is 3.80. The molecule has 0 aliphatic heterocycles. The Balaban J connectivity index is 1.86. The molecule has 3 heteroatoms. The molecule has 122 valence electrons. The summed E-state index contributed by atoms with van der Waals surface area (Å²) in [5, 5.41) is 4.01. The summed E-state index contributed by atoms with van der Waals surface area (Å²) in [6.07, 6.45) is 6.46. The molecule has 0 radical (unpaired) electrons. The van der Waals surface area contributed by atoms with E-state index in [1.54, 1.807) is 0 Å². The molecule has 0 saturated heterocycles. The Bertz CT molecular complexity index is 828. The van der Waals surface area contributed by atoms with Gasteiger partial charge in [0.1, 0.15) is 0 Å². The Kier molecular flexibility index (Phi) is 5.22. The van der Waals surface area contributed by atoms with Crippen LogP contribution < -0.4 is 5.32 Å². The zero-order valence-electron chi connectivity index (χ0n) is 14.0. The fraction of sp³-hybridized carbons (Fsp3) is 0.238. The average Bonchev–Trinajstić information content (AvgIpc) is 2.62. The quantitative estimate of drug-likeness (QED) is 0.633. The highest BCUT2D eigenvalue weighted by molar-refractivity contribution is 6.06. The molecule has 0 unspecified atom stereocenters. The van der Waals surface area contributed by atoms with E-state index in [4.69, 9.17) is 0 Å². The number of pyridine rings is 1. The first kappa shape index (κ1) is 16.2. The van der Waals surface area contributed by atoms with E-state index in [2.05, 4.69) is 23.3 Å². The largest absolute Gasteiger partial charge is 0.322 e. The molecule has 3 nitrogen and oxygen atoms in total. The topological polar surface area (TPSA) is 42.0 Å². The number of unbranched alkanes of at least 4 members (excludes halogenated alkanes) is 2. The van der Waals surface area contributed by atoms with Crippen LogP contribution in [0.2, 0.25) is 0 Å². The maximum Gasteiger partial charge on any atom is 0.255 e. The summed E-state index contributed by atoms with van der Waals surface area (Å²) in [6, 6.07) is 17.3. The molecule has 0 aliphatic carbocycles. The molecule has 1 aromatic heterocycles. The first-order valence-corrected chi connectivity index (χ1v) is 8.52. The van der Waals surface area contributed by atoms with Crippen molar-refractivity contribution in [1.29, 1.82) is 0 Å². The van der Waals surface area contributed by atoms with Gasteiger partial charge in [-0.05, 0) is 54.8 Å². The average molecular weight is 318 g/mol. The molecular formula is C21H22N2O. The normalized spacial score (nSPS) is 10.7. The second-order valence-electron chi connectivity index (χ2n) is 5.98. The number of hydrogen-bond acceptors (Lipinski definition) is 2. The van der Waals surface area contributed by atoms with Gasteiger partial charge >= 0.3 is 0 Å². The minimum atomic E-state index is -0.0912. The highest BCUT2D eigenvalue weighted by Gasteiger charge is 2.09. The fourth-order valence-electron chi connectivity index (χ4n) is 2.85. The van der Waals surface area contributed by atoms with Crippen LogP contribution in [0.15, 0.2) is 60.8 Å². The van der Waals surface area contributed by atoms with Gasteiger partial charge in [0.25, 0.3) is 5.91 Å². The number of aryl methyl sites for hydroxylation is 1. The van der Waals surface area contributed by atoms with E-state index in [-0.39, 0.29) is 5.91 Å². The van der Waals surface area contributed by atoms with Crippen LogP contribution in [0, 0.1) is 0 Å². The lowest BCUT2D eigenvalue weighted by Gasteiger charge is -2.09. The van der Waals surface area contributed by atoms with E-state index in [1.807, 2.05) is 54.7 Å². The molecule has 0 atom stereocenters. The van der Waals surface area contributed by atoms with Crippen LogP contribution in [-0.4, -0.2) is 10.9 Å². The molecule has 0 spiro atoms. The zero-order chi connectivity index (χ0) is 16.8. The lowest BCUT2D eigenvalue weighted by molar-refractivity contribution is 0.102. The van der Waals surface area contributed by atoms with E-state index in [0.717, 1.165) is 29.4 Å². The van der Waals surface area contributed by atoms with Crippen LogP contribution >= 0.6 is 0 Å². The summed E-state index contributed by atoms with van der Waals surface area (Å²) in [4.78, 5) is 16.9. The van der Waals surface area contributed by atoms with Crippen molar-refractivity contribution in [2.75, 3.05) is 5.32 Å². The van der Waals surface area contributed by atoms with Gasteiger partial charge in [0.05, 0.1) is 5.52 Å². The molecule has 1 N–H and O–H groups in total. The number of para-hydroxylation sites is 1. The van der Waals surface area contributed by atoms with E-state index >= 15 is 0 Å². The number of carbonyl (C=O) groups is 1. The third-order valence-corrected chi connectivity index (χ3v) is 4.18. The van der Waals surface area contributed by atoms with Crippen molar-refractivity contribution in [3.8, 4) is 0 Å². The predicted molar refractivity (Wildman–Crippen MR) is 99.4 cm³/mol. The number of nitrogens with one attached hydrogen (secondary N) is 1. The van der Waals surface area contributed by atoms with Crippen LogP contribution in [0.1, 0.15) is 42.1 Å². The number of hydrogen-bond donors (Lipinski definition) is 1. The van der Waals surface area contributed by atoms with Crippen molar-refractivity contribution in [3.63, 3.8) is 0 Å². The number of amides is 1. The summed E-state index contributed by atoms with van der Waals surface area (Å²) in [6.45, 7) is 2.21. The Morgan fingerprint density at radius 1 is 1.04 bits per heavy atom. The van der Waals surface area contributed by atoms with Gasteiger partial charge in [-0.1, -0.05) is 38.0 Å². The van der Waals surface area contributed by atoms with Crippen LogP contribution in [0.5, 0.6) is 0 Å². The third-order valence-electron chi connectivity index (χ3n) is 4.18. The van der Waals surface area contributed by atoms with Gasteiger partial charge in [-0.25, -0.2) is 0 Å². The van der Waals surface area contributed by atoms with Crippen molar-refractivity contribution in [3.05, 3.63) is 71.9 Å². The highest BCUT2D eigenvalue weighted by atomic mass is 16.1. The van der Waals surface area contributed by atoms with E-state index in [0.29, 0.717) is 5.56 Å². The number of anilines is 1. The van der Waals surface area contributed by atoms with Gasteiger partial charge in [-0.2, -0.15) is 0 Å². The van der Waals surface area contributed by atoms with Gasteiger partial charge in [0, 0.05) is 22.8 Å². The number of carbonyl (C=O) groups excluding carboxylic acids is 1. The van der Waals surface area contributed by atoms with Crippen molar-refractivity contribution >= 4 is 22.5 Å². The van der Waals surface area contributed by atoms with E-state index in [9.17, 15) is 4.79 Å². The Labute approximate surface area is 142 Å². The second kappa shape index (κ2) is 7.73. The lowest BCUT2D eigenvalue weighted by Crippen LogP contribution is -2.11. The summed E-state index contributed by atoms with van der Waals surface area (Å²) in [5.41, 5.74) is 3.68. The summed E-state index contributed by atoms with van der Waals surface area (Å²) in [5.74, 6) is -0.0912. The molecular weight excluding hydrogens is 296 g/mol. The number of fused-ring (bicyclic) bond motifs is 1. The first-order chi connectivity index (χ1) is 11.8. The molecule has 2 aromatic carbocycles. The van der Waals surface area contributed by atoms with Crippen LogP contribution in [0.3, 0.4) is 0 Å². The summed E-state index contributed by atoms with van der Waals surface area (Å²) < 4.78 is 0. The molecule has 3 rings (SSSR count). The lowest BCUT2D eigenvalue weighted by atomic mass is 10.0. The van der Waals surface area contributed by atoms with Gasteiger partial charge in [-0.3, -0.25) is 9.78 Å². The minimum Gasteiger partial charge on any atom is -0.322 e. The zero-order valence-corrected chi connectivity index (χ0v) is 14.0. The number of rotatable bonds is 6. The highest BCUT2D eigenvalue weighted by Crippen LogP contribution is 2.21. The molecule has 1 amide bonds. The maximum atomic E-state index is 12.5. The van der Waals surface area contributed by atoms with Crippen molar-refractivity contribution < 1.29 is 4.79 Å². The Morgan fingerprint density at radius 2 is 1.88 bits per heavy atom. The Hall–Kier alpha value is -2.68. The van der Waals surface area contributed by atoms with Crippen molar-refractivity contribution in [2.24, 2.45) is 0 Å². The predicted octanol–water partition coefficient (Wildman–Crippen LogP) is 5.22. The fourth-order valence-corrected chi connectivity index (χ4v) is 2.85. The Morgan fingerprint density at radius 3 is 2.67 bits per heavy atom. The summed E-state index contributed by atoms with van der Waals surface area (Å²) in [7, 11) is 0. The van der Waals surface area contributed by atoms with Crippen molar-refractivity contribution in [1.82, 2.24) is 4.98 Å². The maximum absolute atomic E-state index is 12.5. The van der Waals surface area contributed by atoms with Crippen LogP contribution in [0.25, 0.3) is 10.9 Å². The monoisotopic (exact) mass is 318 g/mol. The van der Waals surface area contributed by atoms with Gasteiger partial charge in [0.2, 0.25) is 0 Å². The molecule has 0 saturated carbocycles. The van der Waals surface area contributed by atoms with Gasteiger partial charge in [0.15, 0.2) is 0 Å². The summed E-state index contributed by atoms with van der Waals surface area (Å²) >= 11 is 0. The molecule has 0 bridgehead atoms. The van der Waals surface area contributed by atoms with Gasteiger partial charge < -0.3 is 5.32 Å². The number of aromatic nitrogens is 1. The van der Waals surface area contributed by atoms with Crippen molar-refractivity contribution in [2.45, 2.75) is 32.6 Å². The molecule has 24 heavy (non-hydrogen) atoms. The van der Waals surface area contributed by atoms with E-state index < -0.39 is 0 Å². The minimum absolute atomic E-state index is 0.0912. The molecule has 1 heterocycles. The standard InChI is InChI=1S/C21H22N2O/c1-2-3-5-8-16-13-14-22-20-12-11-17(15-19(16)20)21(24)23-18-9-6-4-7-10-18/h4,6-7,9-15H,2-3,5,8H2,1H3,(H,23,24). The first-order valence-electron chi connectivity index (χ1n) is 8.52. The second-order valence-corrected chi connectivity index (χ2v) is 5.98. The smallest absolute Gasteiger partial charge is 0.255 e.